The molecule has 3 atom stereocenters. The summed E-state index contributed by atoms with van der Waals surface area (Å²) in [6, 6.07) is 12.0. The normalized spacial score (nSPS) is 21.6. The molecule has 8 nitrogen and oxygen atoms in total. The topological polar surface area (TPSA) is 84.6 Å². The fourth-order valence-corrected chi connectivity index (χ4v) is 5.48. The highest BCUT2D eigenvalue weighted by molar-refractivity contribution is 6.30. The molecule has 2 aliphatic rings. The van der Waals surface area contributed by atoms with Gasteiger partial charge in [0.25, 0.3) is 0 Å². The van der Waals surface area contributed by atoms with Crippen LogP contribution in [0.5, 0.6) is 5.88 Å². The Morgan fingerprint density at radius 2 is 1.78 bits per heavy atom. The zero-order valence-electron chi connectivity index (χ0n) is 20.3. The van der Waals surface area contributed by atoms with Crippen LogP contribution in [0.3, 0.4) is 0 Å². The molecule has 190 valence electrons. The molecular weight excluding hydrogens is 501 g/mol. The van der Waals surface area contributed by atoms with Gasteiger partial charge in [-0.3, -0.25) is 4.79 Å². The van der Waals surface area contributed by atoms with Crippen LogP contribution in [-0.4, -0.2) is 58.3 Å². The average molecular weight is 530 g/mol. The number of carbonyl (C=O) groups excluding carboxylic acids is 1. The Labute approximate surface area is 220 Å². The number of hydrogen-bond donors (Lipinski definition) is 0. The van der Waals surface area contributed by atoms with E-state index in [1.807, 2.05) is 36.1 Å². The molecule has 0 unspecified atom stereocenters. The van der Waals surface area contributed by atoms with E-state index in [1.165, 1.54) is 0 Å². The third-order valence-electron chi connectivity index (χ3n) is 7.21. The van der Waals surface area contributed by atoms with Crippen molar-refractivity contribution < 1.29 is 13.9 Å². The molecular formula is C26H29Cl2N5O3. The molecule has 0 N–H and O–H groups in total. The fourth-order valence-electron chi connectivity index (χ4n) is 5.25. The summed E-state index contributed by atoms with van der Waals surface area (Å²) < 4.78 is 11.8. The molecule has 10 heteroatoms. The molecule has 2 aliphatic heterocycles. The molecule has 2 aromatic heterocycles. The number of aromatic nitrogens is 3. The number of aryl methyl sites for hydroxylation is 1. The van der Waals surface area contributed by atoms with Crippen LogP contribution in [0.1, 0.15) is 37.1 Å². The SMILES string of the molecule is Cc1nnc(N2CCC(C(=O)N3C[C@H]([C@H](C)Oc4ccc(Cl)cn4)[C@@H](c4ccc(Cl)cc4)C3)CC2)o1. The van der Waals surface area contributed by atoms with Gasteiger partial charge in [-0.1, -0.05) is 40.4 Å². The number of rotatable bonds is 6. The first-order valence-electron chi connectivity index (χ1n) is 12.2. The van der Waals surface area contributed by atoms with E-state index in [-0.39, 0.29) is 29.8 Å². The van der Waals surface area contributed by atoms with Crippen LogP contribution in [0.2, 0.25) is 10.0 Å². The number of benzene rings is 1. The smallest absolute Gasteiger partial charge is 0.318 e. The summed E-state index contributed by atoms with van der Waals surface area (Å²) in [5, 5.41) is 9.28. The third-order valence-corrected chi connectivity index (χ3v) is 7.69. The van der Waals surface area contributed by atoms with Crippen molar-refractivity contribution in [3.63, 3.8) is 0 Å². The van der Waals surface area contributed by atoms with Gasteiger partial charge in [-0.15, -0.1) is 5.10 Å². The molecule has 0 saturated carbocycles. The summed E-state index contributed by atoms with van der Waals surface area (Å²) in [7, 11) is 0. The van der Waals surface area contributed by atoms with E-state index in [9.17, 15) is 4.79 Å². The first-order valence-corrected chi connectivity index (χ1v) is 13.0. The standard InChI is InChI=1S/C26H29Cl2N5O3/c1-16(35-24-8-7-21(28)13-29-24)22-14-33(15-23(22)18-3-5-20(27)6-4-18)25(34)19-9-11-32(12-10-19)26-31-30-17(2)36-26/h3-8,13,16,19,22-23H,9-12,14-15H2,1-2H3/t16-,22+,23+/m0/s1. The Hall–Kier alpha value is -2.84. The van der Waals surface area contributed by atoms with Gasteiger partial charge in [0.15, 0.2) is 0 Å². The Kier molecular flexibility index (Phi) is 7.34. The van der Waals surface area contributed by atoms with Gasteiger partial charge in [-0.25, -0.2) is 4.98 Å². The number of amides is 1. The number of hydrogen-bond acceptors (Lipinski definition) is 7. The lowest BCUT2D eigenvalue weighted by Gasteiger charge is -2.32. The number of pyridine rings is 1. The Morgan fingerprint density at radius 3 is 2.42 bits per heavy atom. The van der Waals surface area contributed by atoms with Crippen LogP contribution in [0, 0.1) is 18.8 Å². The van der Waals surface area contributed by atoms with Crippen molar-refractivity contribution >= 4 is 35.1 Å². The zero-order valence-corrected chi connectivity index (χ0v) is 21.8. The quantitative estimate of drug-likeness (QED) is 0.443. The molecule has 1 aromatic carbocycles. The molecule has 0 spiro atoms. The molecule has 0 radical (unpaired) electrons. The van der Waals surface area contributed by atoms with Crippen molar-refractivity contribution in [1.82, 2.24) is 20.1 Å². The summed E-state index contributed by atoms with van der Waals surface area (Å²) >= 11 is 12.1. The summed E-state index contributed by atoms with van der Waals surface area (Å²) in [5.74, 6) is 1.49. The number of carbonyl (C=O) groups is 1. The highest BCUT2D eigenvalue weighted by atomic mass is 35.5. The van der Waals surface area contributed by atoms with Crippen molar-refractivity contribution in [2.24, 2.45) is 11.8 Å². The Morgan fingerprint density at radius 1 is 1.06 bits per heavy atom. The first kappa shape index (κ1) is 24.8. The summed E-state index contributed by atoms with van der Waals surface area (Å²) in [5.41, 5.74) is 1.15. The number of anilines is 1. The largest absolute Gasteiger partial charge is 0.474 e. The van der Waals surface area contributed by atoms with Crippen molar-refractivity contribution in [1.29, 1.82) is 0 Å². The van der Waals surface area contributed by atoms with Crippen LogP contribution in [0.15, 0.2) is 47.0 Å². The lowest BCUT2D eigenvalue weighted by molar-refractivity contribution is -0.135. The van der Waals surface area contributed by atoms with Gasteiger partial charge in [0.2, 0.25) is 17.7 Å². The van der Waals surface area contributed by atoms with Gasteiger partial charge in [0, 0.05) is 68.1 Å². The van der Waals surface area contributed by atoms with E-state index < -0.39 is 0 Å². The lowest BCUT2D eigenvalue weighted by Crippen LogP contribution is -2.42. The van der Waals surface area contributed by atoms with E-state index >= 15 is 0 Å². The number of halogens is 2. The Balaban J connectivity index is 1.28. The van der Waals surface area contributed by atoms with Crippen molar-refractivity contribution in [3.05, 3.63) is 64.1 Å². The number of likely N-dealkylation sites (tertiary alicyclic amines) is 1. The fraction of sp³-hybridized carbons (Fsp3) is 0.462. The first-order chi connectivity index (χ1) is 17.4. The van der Waals surface area contributed by atoms with Gasteiger partial charge in [0.05, 0.1) is 5.02 Å². The second-order valence-corrected chi connectivity index (χ2v) is 10.4. The van der Waals surface area contributed by atoms with Crippen LogP contribution in [-0.2, 0) is 4.79 Å². The number of nitrogens with zero attached hydrogens (tertiary/aromatic N) is 5. The minimum Gasteiger partial charge on any atom is -0.474 e. The predicted molar refractivity (Wildman–Crippen MR) is 138 cm³/mol. The van der Waals surface area contributed by atoms with Crippen molar-refractivity contribution in [2.45, 2.75) is 38.7 Å². The molecule has 4 heterocycles. The maximum atomic E-state index is 13.6. The van der Waals surface area contributed by atoms with Crippen LogP contribution < -0.4 is 9.64 Å². The maximum Gasteiger partial charge on any atom is 0.318 e. The van der Waals surface area contributed by atoms with Crippen molar-refractivity contribution in [2.75, 3.05) is 31.1 Å². The van der Waals surface area contributed by atoms with E-state index in [4.69, 9.17) is 32.4 Å². The predicted octanol–water partition coefficient (Wildman–Crippen LogP) is 5.01. The second kappa shape index (κ2) is 10.6. The molecule has 2 fully saturated rings. The summed E-state index contributed by atoms with van der Waals surface area (Å²) in [6.07, 6.45) is 2.94. The van der Waals surface area contributed by atoms with Gasteiger partial charge in [-0.2, -0.15) is 0 Å². The van der Waals surface area contributed by atoms with E-state index in [0.29, 0.717) is 40.9 Å². The molecule has 36 heavy (non-hydrogen) atoms. The number of piperidine rings is 1. The number of ether oxygens (including phenoxy) is 1. The third kappa shape index (κ3) is 5.44. The van der Waals surface area contributed by atoms with E-state index in [0.717, 1.165) is 31.5 Å². The summed E-state index contributed by atoms with van der Waals surface area (Å²) in [4.78, 5) is 22.0. The molecule has 0 bridgehead atoms. The minimum atomic E-state index is -0.153. The highest BCUT2D eigenvalue weighted by Crippen LogP contribution is 2.38. The van der Waals surface area contributed by atoms with Crippen LogP contribution in [0.4, 0.5) is 6.01 Å². The summed E-state index contributed by atoms with van der Waals surface area (Å²) in [6.45, 7) is 6.54. The molecule has 0 aliphatic carbocycles. The van der Waals surface area contributed by atoms with Gasteiger partial charge in [-0.05, 0) is 43.5 Å². The Bertz CT molecular complexity index is 1180. The molecule has 3 aromatic rings. The maximum absolute atomic E-state index is 13.6. The van der Waals surface area contributed by atoms with Crippen LogP contribution >= 0.6 is 23.2 Å². The monoisotopic (exact) mass is 529 g/mol. The minimum absolute atomic E-state index is 0.0240. The van der Waals surface area contributed by atoms with Crippen molar-refractivity contribution in [3.8, 4) is 5.88 Å². The van der Waals surface area contributed by atoms with E-state index in [2.05, 4.69) is 20.1 Å². The van der Waals surface area contributed by atoms with E-state index in [1.54, 1.807) is 25.3 Å². The highest BCUT2D eigenvalue weighted by Gasteiger charge is 2.42. The molecule has 1 amide bonds. The average Bonchev–Trinajstić information content (AvgIpc) is 3.53. The zero-order chi connectivity index (χ0) is 25.2. The second-order valence-electron chi connectivity index (χ2n) is 9.57. The van der Waals surface area contributed by atoms with Gasteiger partial charge in [0.1, 0.15) is 6.10 Å². The van der Waals surface area contributed by atoms with Gasteiger partial charge < -0.3 is 19.0 Å². The molecule has 2 saturated heterocycles. The van der Waals surface area contributed by atoms with Gasteiger partial charge >= 0.3 is 6.01 Å². The lowest BCUT2D eigenvalue weighted by atomic mass is 9.86. The molecule has 5 rings (SSSR count). The van der Waals surface area contributed by atoms with Crippen LogP contribution in [0.25, 0.3) is 0 Å².